The summed E-state index contributed by atoms with van der Waals surface area (Å²) >= 11 is 0. The number of hydrogen-bond donors (Lipinski definition) is 2. The zero-order chi connectivity index (χ0) is 20.8. The number of nitrogens with zero attached hydrogens (tertiary/aromatic N) is 1. The van der Waals surface area contributed by atoms with Crippen LogP contribution in [0.2, 0.25) is 0 Å². The van der Waals surface area contributed by atoms with Crippen LogP contribution >= 0.6 is 0 Å². The topological polar surface area (TPSA) is 78.5 Å². The molecule has 1 aliphatic heterocycles. The minimum absolute atomic E-state index is 0.0954. The molecule has 0 spiro atoms. The van der Waals surface area contributed by atoms with E-state index >= 15 is 0 Å². The van der Waals surface area contributed by atoms with Crippen LogP contribution in [0.4, 0.5) is 10.1 Å². The second-order valence-corrected chi connectivity index (χ2v) is 7.73. The first-order valence-electron chi connectivity index (χ1n) is 9.91. The molecule has 0 bridgehead atoms. The number of rotatable bonds is 7. The molecule has 2 rings (SSSR count). The van der Waals surface area contributed by atoms with Crippen LogP contribution in [-0.2, 0) is 14.4 Å². The maximum Gasteiger partial charge on any atom is 0.247 e. The zero-order valence-corrected chi connectivity index (χ0v) is 17.0. The molecule has 0 unspecified atom stereocenters. The van der Waals surface area contributed by atoms with Crippen molar-refractivity contribution in [2.24, 2.45) is 11.8 Å². The molecule has 0 aliphatic carbocycles. The normalized spacial score (nSPS) is 18.6. The quantitative estimate of drug-likeness (QED) is 0.750. The van der Waals surface area contributed by atoms with E-state index in [9.17, 15) is 18.8 Å². The Balaban J connectivity index is 2.09. The first kappa shape index (κ1) is 21.9. The van der Waals surface area contributed by atoms with Gasteiger partial charge in [-0.05, 0) is 49.4 Å². The minimum atomic E-state index is -0.666. The molecule has 28 heavy (non-hydrogen) atoms. The largest absolute Gasteiger partial charge is 0.344 e. The molecule has 1 aromatic rings. The van der Waals surface area contributed by atoms with Crippen LogP contribution in [0.5, 0.6) is 0 Å². The number of hydrogen-bond acceptors (Lipinski definition) is 3. The standard InChI is InChI=1S/C21H30FN3O3/c1-5-14(4)19(26)24-18(13(2)3)21(28)25-12-6-7-17(25)20(27)23-16-10-8-15(22)9-11-16/h8-11,13-14,17-18H,5-7,12H2,1-4H3,(H,23,27)(H,24,26)/t14-,17+,18+/m1/s1. The third-order valence-corrected chi connectivity index (χ3v) is 5.24. The number of halogens is 1. The number of carbonyl (C=O) groups excluding carboxylic acids is 3. The molecular weight excluding hydrogens is 361 g/mol. The average molecular weight is 391 g/mol. The molecule has 3 atom stereocenters. The third-order valence-electron chi connectivity index (χ3n) is 5.24. The van der Waals surface area contributed by atoms with E-state index < -0.39 is 12.1 Å². The van der Waals surface area contributed by atoms with Gasteiger partial charge in [-0.2, -0.15) is 0 Å². The van der Waals surface area contributed by atoms with Crippen molar-refractivity contribution in [3.05, 3.63) is 30.1 Å². The molecule has 2 N–H and O–H groups in total. The predicted octanol–water partition coefficient (Wildman–Crippen LogP) is 2.94. The molecule has 6 nitrogen and oxygen atoms in total. The van der Waals surface area contributed by atoms with Crippen molar-refractivity contribution < 1.29 is 18.8 Å². The highest BCUT2D eigenvalue weighted by Gasteiger charge is 2.38. The molecule has 1 aliphatic rings. The average Bonchev–Trinajstić information content (AvgIpc) is 3.16. The van der Waals surface area contributed by atoms with Crippen molar-refractivity contribution >= 4 is 23.4 Å². The first-order chi connectivity index (χ1) is 13.2. The highest BCUT2D eigenvalue weighted by molar-refractivity contribution is 5.98. The molecule has 154 valence electrons. The van der Waals surface area contributed by atoms with Gasteiger partial charge in [0, 0.05) is 18.2 Å². The summed E-state index contributed by atoms with van der Waals surface area (Å²) in [5.74, 6) is -1.34. The minimum Gasteiger partial charge on any atom is -0.344 e. The van der Waals surface area contributed by atoms with Crippen molar-refractivity contribution in [2.45, 2.75) is 59.0 Å². The Bertz CT molecular complexity index is 705. The maximum absolute atomic E-state index is 13.1. The van der Waals surface area contributed by atoms with E-state index in [1.165, 1.54) is 24.3 Å². The zero-order valence-electron chi connectivity index (χ0n) is 17.0. The lowest BCUT2D eigenvalue weighted by Gasteiger charge is -2.31. The van der Waals surface area contributed by atoms with E-state index in [2.05, 4.69) is 10.6 Å². The summed E-state index contributed by atoms with van der Waals surface area (Å²) in [7, 11) is 0. The van der Waals surface area contributed by atoms with E-state index in [1.54, 1.807) is 4.90 Å². The maximum atomic E-state index is 13.1. The fraction of sp³-hybridized carbons (Fsp3) is 0.571. The van der Waals surface area contributed by atoms with Gasteiger partial charge in [-0.25, -0.2) is 4.39 Å². The van der Waals surface area contributed by atoms with Crippen LogP contribution < -0.4 is 10.6 Å². The van der Waals surface area contributed by atoms with Crippen LogP contribution in [0, 0.1) is 17.7 Å². The fourth-order valence-corrected chi connectivity index (χ4v) is 3.23. The van der Waals surface area contributed by atoms with Crippen LogP contribution in [0.15, 0.2) is 24.3 Å². The summed E-state index contributed by atoms with van der Waals surface area (Å²) in [6.07, 6.45) is 1.97. The Labute approximate surface area is 165 Å². The Hall–Kier alpha value is -2.44. The molecule has 0 radical (unpaired) electrons. The van der Waals surface area contributed by atoms with Gasteiger partial charge in [0.25, 0.3) is 0 Å². The van der Waals surface area contributed by atoms with Crippen LogP contribution in [0.1, 0.15) is 47.0 Å². The summed E-state index contributed by atoms with van der Waals surface area (Å²) in [6, 6.07) is 4.24. The number of amides is 3. The van der Waals surface area contributed by atoms with Gasteiger partial charge in [0.05, 0.1) is 0 Å². The van der Waals surface area contributed by atoms with Crippen molar-refractivity contribution in [2.75, 3.05) is 11.9 Å². The monoisotopic (exact) mass is 391 g/mol. The Morgan fingerprint density at radius 1 is 1.18 bits per heavy atom. The molecule has 3 amide bonds. The molecule has 7 heteroatoms. The lowest BCUT2D eigenvalue weighted by atomic mass is 10.00. The number of likely N-dealkylation sites (tertiary alicyclic amines) is 1. The van der Waals surface area contributed by atoms with Gasteiger partial charge < -0.3 is 15.5 Å². The molecule has 1 heterocycles. The van der Waals surface area contributed by atoms with E-state index in [0.29, 0.717) is 25.1 Å². The molecule has 0 aromatic heterocycles. The molecule has 1 aromatic carbocycles. The Morgan fingerprint density at radius 3 is 2.39 bits per heavy atom. The van der Waals surface area contributed by atoms with Gasteiger partial charge in [-0.15, -0.1) is 0 Å². The first-order valence-corrected chi connectivity index (χ1v) is 9.91. The van der Waals surface area contributed by atoms with Gasteiger partial charge in [-0.1, -0.05) is 27.7 Å². The summed E-state index contributed by atoms with van der Waals surface area (Å²) in [5.41, 5.74) is 0.483. The highest BCUT2D eigenvalue weighted by Crippen LogP contribution is 2.22. The number of benzene rings is 1. The van der Waals surface area contributed by atoms with Gasteiger partial charge >= 0.3 is 0 Å². The van der Waals surface area contributed by atoms with E-state index in [-0.39, 0.29) is 35.4 Å². The SMILES string of the molecule is CC[C@@H](C)C(=O)N[C@H](C(=O)N1CCC[C@H]1C(=O)Nc1ccc(F)cc1)C(C)C. The van der Waals surface area contributed by atoms with Gasteiger partial charge in [0.15, 0.2) is 0 Å². The number of carbonyl (C=O) groups is 3. The second-order valence-electron chi connectivity index (χ2n) is 7.73. The molecule has 0 saturated carbocycles. The second kappa shape index (κ2) is 9.66. The molecule has 1 saturated heterocycles. The van der Waals surface area contributed by atoms with Crippen LogP contribution in [0.3, 0.4) is 0 Å². The molecule has 1 fully saturated rings. The fourth-order valence-electron chi connectivity index (χ4n) is 3.23. The summed E-state index contributed by atoms with van der Waals surface area (Å²) < 4.78 is 13.0. The number of nitrogens with one attached hydrogen (secondary N) is 2. The van der Waals surface area contributed by atoms with E-state index in [0.717, 1.165) is 6.42 Å². The van der Waals surface area contributed by atoms with Crippen molar-refractivity contribution in [1.29, 1.82) is 0 Å². The molecular formula is C21H30FN3O3. The number of anilines is 1. The van der Waals surface area contributed by atoms with Crippen LogP contribution in [-0.4, -0.2) is 41.2 Å². The van der Waals surface area contributed by atoms with Gasteiger partial charge in [0.2, 0.25) is 17.7 Å². The van der Waals surface area contributed by atoms with E-state index in [4.69, 9.17) is 0 Å². The predicted molar refractivity (Wildman–Crippen MR) is 106 cm³/mol. The summed E-state index contributed by atoms with van der Waals surface area (Å²) in [6.45, 7) is 7.98. The Kier molecular flexibility index (Phi) is 7.54. The van der Waals surface area contributed by atoms with Gasteiger partial charge in [-0.3, -0.25) is 14.4 Å². The van der Waals surface area contributed by atoms with Crippen molar-refractivity contribution in [3.63, 3.8) is 0 Å². The van der Waals surface area contributed by atoms with E-state index in [1.807, 2.05) is 27.7 Å². The summed E-state index contributed by atoms with van der Waals surface area (Å²) in [5, 5.41) is 5.60. The Morgan fingerprint density at radius 2 is 1.82 bits per heavy atom. The van der Waals surface area contributed by atoms with Gasteiger partial charge in [0.1, 0.15) is 17.9 Å². The smallest absolute Gasteiger partial charge is 0.247 e. The lowest BCUT2D eigenvalue weighted by Crippen LogP contribution is -2.55. The van der Waals surface area contributed by atoms with Crippen molar-refractivity contribution in [1.82, 2.24) is 10.2 Å². The van der Waals surface area contributed by atoms with Crippen molar-refractivity contribution in [3.8, 4) is 0 Å². The summed E-state index contributed by atoms with van der Waals surface area (Å²) in [4.78, 5) is 39.7. The third kappa shape index (κ3) is 5.30. The van der Waals surface area contributed by atoms with Crippen LogP contribution in [0.25, 0.3) is 0 Å². The highest BCUT2D eigenvalue weighted by atomic mass is 19.1. The lowest BCUT2D eigenvalue weighted by molar-refractivity contribution is -0.141.